The highest BCUT2D eigenvalue weighted by atomic mass is 16.5. The summed E-state index contributed by atoms with van der Waals surface area (Å²) >= 11 is 0. The lowest BCUT2D eigenvalue weighted by Crippen LogP contribution is -2.44. The van der Waals surface area contributed by atoms with E-state index in [1.807, 2.05) is 0 Å². The van der Waals surface area contributed by atoms with E-state index in [-0.39, 0.29) is 18.5 Å². The topological polar surface area (TPSA) is 82.1 Å². The number of morpholine rings is 1. The standard InChI is InChI=1S/C11H19N3O4/c15-10(16)7-9-8-12-11(17)14(9)2-1-13-3-5-18-6-4-13/h9H,1-8H2,(H,12,17)(H,15,16). The Bertz CT molecular complexity index is 317. The van der Waals surface area contributed by atoms with Crippen molar-refractivity contribution in [2.45, 2.75) is 12.5 Å². The smallest absolute Gasteiger partial charge is 0.317 e. The van der Waals surface area contributed by atoms with Gasteiger partial charge in [0.1, 0.15) is 0 Å². The van der Waals surface area contributed by atoms with Crippen molar-refractivity contribution in [1.29, 1.82) is 0 Å². The summed E-state index contributed by atoms with van der Waals surface area (Å²) in [5.74, 6) is -0.868. The molecule has 0 aromatic carbocycles. The Balaban J connectivity index is 1.81. The van der Waals surface area contributed by atoms with E-state index in [0.29, 0.717) is 13.1 Å². The van der Waals surface area contributed by atoms with Crippen LogP contribution >= 0.6 is 0 Å². The zero-order chi connectivity index (χ0) is 13.0. The number of carbonyl (C=O) groups is 2. The average Bonchev–Trinajstić information content (AvgIpc) is 2.68. The van der Waals surface area contributed by atoms with Gasteiger partial charge >= 0.3 is 12.0 Å². The number of aliphatic carboxylic acids is 1. The van der Waals surface area contributed by atoms with Gasteiger partial charge in [0.25, 0.3) is 0 Å². The van der Waals surface area contributed by atoms with Gasteiger partial charge in [-0.05, 0) is 0 Å². The van der Waals surface area contributed by atoms with E-state index in [1.54, 1.807) is 4.90 Å². The largest absolute Gasteiger partial charge is 0.481 e. The van der Waals surface area contributed by atoms with Crippen molar-refractivity contribution in [2.24, 2.45) is 0 Å². The lowest BCUT2D eigenvalue weighted by Gasteiger charge is -2.29. The molecule has 0 aromatic rings. The Morgan fingerprint density at radius 2 is 2.11 bits per heavy atom. The van der Waals surface area contributed by atoms with E-state index in [2.05, 4.69) is 10.2 Å². The molecule has 2 N–H and O–H groups in total. The molecule has 0 bridgehead atoms. The molecule has 0 radical (unpaired) electrons. The van der Waals surface area contributed by atoms with Crippen LogP contribution in [0.4, 0.5) is 4.79 Å². The van der Waals surface area contributed by atoms with Gasteiger partial charge in [0.2, 0.25) is 0 Å². The molecule has 2 heterocycles. The molecule has 7 nitrogen and oxygen atoms in total. The summed E-state index contributed by atoms with van der Waals surface area (Å²) in [7, 11) is 0. The van der Waals surface area contributed by atoms with Crippen molar-refractivity contribution in [1.82, 2.24) is 15.1 Å². The average molecular weight is 257 g/mol. The van der Waals surface area contributed by atoms with Gasteiger partial charge in [-0.2, -0.15) is 0 Å². The lowest BCUT2D eigenvalue weighted by atomic mass is 10.2. The molecule has 18 heavy (non-hydrogen) atoms. The van der Waals surface area contributed by atoms with Gasteiger partial charge in [-0.15, -0.1) is 0 Å². The number of carbonyl (C=O) groups excluding carboxylic acids is 1. The minimum Gasteiger partial charge on any atom is -0.481 e. The summed E-state index contributed by atoms with van der Waals surface area (Å²) in [4.78, 5) is 26.2. The van der Waals surface area contributed by atoms with Gasteiger partial charge in [0.05, 0.1) is 25.7 Å². The second kappa shape index (κ2) is 6.01. The predicted molar refractivity (Wildman–Crippen MR) is 63.4 cm³/mol. The number of carboxylic acids is 1. The van der Waals surface area contributed by atoms with Crippen LogP contribution in [0.15, 0.2) is 0 Å². The minimum atomic E-state index is -0.868. The van der Waals surface area contributed by atoms with E-state index >= 15 is 0 Å². The number of hydrogen-bond acceptors (Lipinski definition) is 4. The van der Waals surface area contributed by atoms with Crippen LogP contribution in [-0.2, 0) is 9.53 Å². The van der Waals surface area contributed by atoms with Crippen LogP contribution in [0.5, 0.6) is 0 Å². The second-order valence-corrected chi connectivity index (χ2v) is 4.59. The van der Waals surface area contributed by atoms with Crippen LogP contribution in [0, 0.1) is 0 Å². The Morgan fingerprint density at radius 3 is 2.78 bits per heavy atom. The Hall–Kier alpha value is -1.34. The van der Waals surface area contributed by atoms with Crippen molar-refractivity contribution >= 4 is 12.0 Å². The van der Waals surface area contributed by atoms with Crippen molar-refractivity contribution in [2.75, 3.05) is 45.9 Å². The van der Waals surface area contributed by atoms with Crippen LogP contribution in [0.1, 0.15) is 6.42 Å². The zero-order valence-electron chi connectivity index (χ0n) is 10.3. The van der Waals surface area contributed by atoms with E-state index in [1.165, 1.54) is 0 Å². The molecule has 2 amide bonds. The fraction of sp³-hybridized carbons (Fsp3) is 0.818. The molecule has 2 aliphatic heterocycles. The molecule has 2 fully saturated rings. The summed E-state index contributed by atoms with van der Waals surface area (Å²) in [6.45, 7) is 4.97. The van der Waals surface area contributed by atoms with Gasteiger partial charge in [0.15, 0.2) is 0 Å². The first kappa shape index (κ1) is 13.1. The summed E-state index contributed by atoms with van der Waals surface area (Å²) in [6.07, 6.45) is 0.00184. The van der Waals surface area contributed by atoms with E-state index in [4.69, 9.17) is 9.84 Å². The molecule has 102 valence electrons. The number of carboxylic acid groups (broad SMARTS) is 1. The van der Waals surface area contributed by atoms with Gasteiger partial charge in [0, 0.05) is 32.7 Å². The molecule has 2 saturated heterocycles. The Kier molecular flexibility index (Phi) is 4.38. The third-order valence-corrected chi connectivity index (χ3v) is 3.36. The maximum absolute atomic E-state index is 11.6. The molecule has 1 atom stereocenters. The van der Waals surface area contributed by atoms with Crippen LogP contribution in [0.2, 0.25) is 0 Å². The monoisotopic (exact) mass is 257 g/mol. The zero-order valence-corrected chi connectivity index (χ0v) is 10.3. The maximum Gasteiger partial charge on any atom is 0.317 e. The number of rotatable bonds is 5. The molecule has 0 spiro atoms. The molecule has 1 unspecified atom stereocenters. The first-order valence-electron chi connectivity index (χ1n) is 6.23. The van der Waals surface area contributed by atoms with Crippen LogP contribution in [-0.4, -0.2) is 78.9 Å². The number of nitrogens with zero attached hydrogens (tertiary/aromatic N) is 2. The van der Waals surface area contributed by atoms with Gasteiger partial charge in [-0.1, -0.05) is 0 Å². The van der Waals surface area contributed by atoms with Crippen LogP contribution < -0.4 is 5.32 Å². The van der Waals surface area contributed by atoms with Crippen LogP contribution in [0.3, 0.4) is 0 Å². The quantitative estimate of drug-likeness (QED) is 0.673. The normalized spacial score (nSPS) is 25.2. The van der Waals surface area contributed by atoms with Gasteiger partial charge in [-0.25, -0.2) is 4.79 Å². The molecule has 0 aliphatic carbocycles. The summed E-state index contributed by atoms with van der Waals surface area (Å²) in [5.41, 5.74) is 0. The molecular weight excluding hydrogens is 238 g/mol. The fourth-order valence-electron chi connectivity index (χ4n) is 2.32. The maximum atomic E-state index is 11.6. The summed E-state index contributed by atoms with van der Waals surface area (Å²) < 4.78 is 5.25. The predicted octanol–water partition coefficient (Wildman–Crippen LogP) is -0.813. The van der Waals surface area contributed by atoms with Crippen molar-refractivity contribution < 1.29 is 19.4 Å². The third kappa shape index (κ3) is 3.33. The molecule has 0 aromatic heterocycles. The Labute approximate surface area is 106 Å². The number of nitrogens with one attached hydrogen (secondary N) is 1. The van der Waals surface area contributed by atoms with E-state index in [0.717, 1.165) is 32.8 Å². The highest BCUT2D eigenvalue weighted by Crippen LogP contribution is 2.11. The second-order valence-electron chi connectivity index (χ2n) is 4.59. The van der Waals surface area contributed by atoms with Crippen molar-refractivity contribution in [3.05, 3.63) is 0 Å². The van der Waals surface area contributed by atoms with E-state index < -0.39 is 5.97 Å². The van der Waals surface area contributed by atoms with E-state index in [9.17, 15) is 9.59 Å². The highest BCUT2D eigenvalue weighted by Gasteiger charge is 2.32. The number of urea groups is 1. The Morgan fingerprint density at radius 1 is 1.39 bits per heavy atom. The third-order valence-electron chi connectivity index (χ3n) is 3.36. The first-order valence-corrected chi connectivity index (χ1v) is 6.23. The minimum absolute atomic E-state index is 0.00184. The highest BCUT2D eigenvalue weighted by molar-refractivity contribution is 5.78. The fourth-order valence-corrected chi connectivity index (χ4v) is 2.32. The SMILES string of the molecule is O=C(O)CC1CNC(=O)N1CCN1CCOCC1. The molecule has 7 heteroatoms. The van der Waals surface area contributed by atoms with Crippen LogP contribution in [0.25, 0.3) is 0 Å². The number of ether oxygens (including phenoxy) is 1. The van der Waals surface area contributed by atoms with Gasteiger partial charge < -0.3 is 20.1 Å². The van der Waals surface area contributed by atoms with Crippen molar-refractivity contribution in [3.8, 4) is 0 Å². The van der Waals surface area contributed by atoms with Crippen molar-refractivity contribution in [3.63, 3.8) is 0 Å². The van der Waals surface area contributed by atoms with Gasteiger partial charge in [-0.3, -0.25) is 9.69 Å². The summed E-state index contributed by atoms with van der Waals surface area (Å²) in [6, 6.07) is -0.384. The number of hydrogen-bond donors (Lipinski definition) is 2. The molecule has 0 saturated carbocycles. The lowest BCUT2D eigenvalue weighted by molar-refractivity contribution is -0.137. The summed E-state index contributed by atoms with van der Waals surface area (Å²) in [5, 5.41) is 11.5. The first-order chi connectivity index (χ1) is 8.66. The molecule has 2 rings (SSSR count). The number of amides is 2. The molecular formula is C11H19N3O4. The molecule has 2 aliphatic rings.